The van der Waals surface area contributed by atoms with Gasteiger partial charge in [-0.3, -0.25) is 4.68 Å². The van der Waals surface area contributed by atoms with Crippen molar-refractivity contribution in [1.29, 1.82) is 0 Å². The predicted octanol–water partition coefficient (Wildman–Crippen LogP) is 2.26. The number of aliphatic hydroxyl groups excluding tert-OH is 1. The van der Waals surface area contributed by atoms with Crippen LogP contribution in [0.1, 0.15) is 24.8 Å². The molecule has 1 aliphatic carbocycles. The molecule has 1 fully saturated rings. The van der Waals surface area contributed by atoms with Crippen LogP contribution in [0.25, 0.3) is 0 Å². The largest absolute Gasteiger partial charge is 0.391 e. The van der Waals surface area contributed by atoms with Crippen molar-refractivity contribution < 1.29 is 5.11 Å². The van der Waals surface area contributed by atoms with Gasteiger partial charge in [0, 0.05) is 6.20 Å². The SMILES string of the molecule is O[C@@H]1CCC[C@H]1Nc1cnn(Cc2ccccc2)c1. The summed E-state index contributed by atoms with van der Waals surface area (Å²) in [7, 11) is 0. The Bertz CT molecular complexity index is 523. The topological polar surface area (TPSA) is 50.1 Å². The molecule has 0 amide bonds. The summed E-state index contributed by atoms with van der Waals surface area (Å²) >= 11 is 0. The van der Waals surface area contributed by atoms with Crippen molar-refractivity contribution >= 4 is 5.69 Å². The zero-order valence-corrected chi connectivity index (χ0v) is 10.9. The Morgan fingerprint density at radius 3 is 2.84 bits per heavy atom. The molecule has 0 radical (unpaired) electrons. The predicted molar refractivity (Wildman–Crippen MR) is 75.0 cm³/mol. The fourth-order valence-corrected chi connectivity index (χ4v) is 2.62. The Balaban J connectivity index is 1.63. The van der Waals surface area contributed by atoms with Crippen molar-refractivity contribution in [2.45, 2.75) is 38.0 Å². The highest BCUT2D eigenvalue weighted by Crippen LogP contribution is 2.22. The van der Waals surface area contributed by atoms with E-state index in [-0.39, 0.29) is 12.1 Å². The van der Waals surface area contributed by atoms with E-state index in [1.807, 2.05) is 35.3 Å². The van der Waals surface area contributed by atoms with Crippen LogP contribution in [0, 0.1) is 0 Å². The minimum Gasteiger partial charge on any atom is -0.391 e. The third-order valence-corrected chi connectivity index (χ3v) is 3.65. The summed E-state index contributed by atoms with van der Waals surface area (Å²) in [5.74, 6) is 0. The molecule has 0 aliphatic heterocycles. The molecule has 0 bridgehead atoms. The summed E-state index contributed by atoms with van der Waals surface area (Å²) in [4.78, 5) is 0. The van der Waals surface area contributed by atoms with E-state index in [1.54, 1.807) is 0 Å². The molecule has 0 spiro atoms. The summed E-state index contributed by atoms with van der Waals surface area (Å²) in [6, 6.07) is 10.4. The third-order valence-electron chi connectivity index (χ3n) is 3.65. The Morgan fingerprint density at radius 2 is 2.11 bits per heavy atom. The molecule has 4 heteroatoms. The van der Waals surface area contributed by atoms with Gasteiger partial charge in [-0.2, -0.15) is 5.10 Å². The summed E-state index contributed by atoms with van der Waals surface area (Å²) < 4.78 is 1.92. The van der Waals surface area contributed by atoms with Gasteiger partial charge in [-0.25, -0.2) is 0 Å². The van der Waals surface area contributed by atoms with Gasteiger partial charge in [-0.05, 0) is 24.8 Å². The van der Waals surface area contributed by atoms with E-state index in [0.717, 1.165) is 31.5 Å². The summed E-state index contributed by atoms with van der Waals surface area (Å²) in [5, 5.41) is 17.5. The smallest absolute Gasteiger partial charge is 0.0741 e. The highest BCUT2D eigenvalue weighted by molar-refractivity contribution is 5.40. The third kappa shape index (κ3) is 2.96. The molecule has 1 saturated carbocycles. The fourth-order valence-electron chi connectivity index (χ4n) is 2.62. The number of nitrogens with zero attached hydrogens (tertiary/aromatic N) is 2. The monoisotopic (exact) mass is 257 g/mol. The molecule has 3 rings (SSSR count). The molecule has 100 valence electrons. The molecule has 4 nitrogen and oxygen atoms in total. The average Bonchev–Trinajstić information content (AvgIpc) is 3.02. The zero-order valence-electron chi connectivity index (χ0n) is 10.9. The minimum absolute atomic E-state index is 0.175. The quantitative estimate of drug-likeness (QED) is 0.883. The van der Waals surface area contributed by atoms with Gasteiger partial charge < -0.3 is 10.4 Å². The molecule has 2 atom stereocenters. The highest BCUT2D eigenvalue weighted by atomic mass is 16.3. The first-order chi connectivity index (χ1) is 9.31. The second kappa shape index (κ2) is 5.45. The van der Waals surface area contributed by atoms with Crippen LogP contribution in [0.3, 0.4) is 0 Å². The Morgan fingerprint density at radius 1 is 1.26 bits per heavy atom. The van der Waals surface area contributed by atoms with Crippen LogP contribution in [0.2, 0.25) is 0 Å². The molecular formula is C15H19N3O. The maximum absolute atomic E-state index is 9.80. The van der Waals surface area contributed by atoms with Gasteiger partial charge in [0.2, 0.25) is 0 Å². The van der Waals surface area contributed by atoms with Gasteiger partial charge in [0.1, 0.15) is 0 Å². The van der Waals surface area contributed by atoms with Crippen molar-refractivity contribution in [3.63, 3.8) is 0 Å². The van der Waals surface area contributed by atoms with Gasteiger partial charge in [0.15, 0.2) is 0 Å². The molecule has 2 N–H and O–H groups in total. The lowest BCUT2D eigenvalue weighted by atomic mass is 10.2. The average molecular weight is 257 g/mol. The van der Waals surface area contributed by atoms with Gasteiger partial charge in [-0.1, -0.05) is 30.3 Å². The van der Waals surface area contributed by atoms with E-state index in [0.29, 0.717) is 0 Å². The Kier molecular flexibility index (Phi) is 3.51. The van der Waals surface area contributed by atoms with Crippen molar-refractivity contribution in [3.05, 3.63) is 48.3 Å². The molecule has 2 aromatic rings. The first-order valence-electron chi connectivity index (χ1n) is 6.82. The van der Waals surface area contributed by atoms with Crippen LogP contribution in [-0.2, 0) is 6.54 Å². The van der Waals surface area contributed by atoms with Gasteiger partial charge >= 0.3 is 0 Å². The van der Waals surface area contributed by atoms with Crippen LogP contribution in [0.5, 0.6) is 0 Å². The number of hydrogen-bond acceptors (Lipinski definition) is 3. The molecule has 1 aliphatic rings. The number of nitrogens with one attached hydrogen (secondary N) is 1. The molecular weight excluding hydrogens is 238 g/mol. The highest BCUT2D eigenvalue weighted by Gasteiger charge is 2.25. The van der Waals surface area contributed by atoms with Crippen LogP contribution in [0.15, 0.2) is 42.7 Å². The van der Waals surface area contributed by atoms with Gasteiger partial charge in [0.25, 0.3) is 0 Å². The Hall–Kier alpha value is -1.81. The van der Waals surface area contributed by atoms with E-state index in [4.69, 9.17) is 0 Å². The number of aliphatic hydroxyl groups is 1. The molecule has 1 aromatic carbocycles. The second-order valence-corrected chi connectivity index (χ2v) is 5.16. The minimum atomic E-state index is -0.225. The van der Waals surface area contributed by atoms with Crippen molar-refractivity contribution in [1.82, 2.24) is 9.78 Å². The van der Waals surface area contributed by atoms with E-state index in [9.17, 15) is 5.11 Å². The first kappa shape index (κ1) is 12.2. The maximum atomic E-state index is 9.80. The van der Waals surface area contributed by atoms with Gasteiger partial charge in [0.05, 0.1) is 30.6 Å². The van der Waals surface area contributed by atoms with E-state index in [2.05, 4.69) is 22.5 Å². The molecule has 19 heavy (non-hydrogen) atoms. The summed E-state index contributed by atoms with van der Waals surface area (Å²) in [6.45, 7) is 0.774. The van der Waals surface area contributed by atoms with Crippen LogP contribution in [0.4, 0.5) is 5.69 Å². The summed E-state index contributed by atoms with van der Waals surface area (Å²) in [6.07, 6.45) is 6.63. The molecule has 0 unspecified atom stereocenters. The first-order valence-corrected chi connectivity index (χ1v) is 6.82. The lowest BCUT2D eigenvalue weighted by molar-refractivity contribution is 0.172. The number of anilines is 1. The van der Waals surface area contributed by atoms with Crippen molar-refractivity contribution in [2.75, 3.05) is 5.32 Å². The maximum Gasteiger partial charge on any atom is 0.0741 e. The zero-order chi connectivity index (χ0) is 13.1. The normalized spacial score (nSPS) is 22.6. The standard InChI is InChI=1S/C15H19N3O/c19-15-8-4-7-14(15)17-13-9-16-18(11-13)10-12-5-2-1-3-6-12/h1-3,5-6,9,11,14-15,17,19H,4,7-8,10H2/t14-,15-/m1/s1. The fraction of sp³-hybridized carbons (Fsp3) is 0.400. The lowest BCUT2D eigenvalue weighted by Crippen LogP contribution is -2.27. The van der Waals surface area contributed by atoms with Gasteiger partial charge in [-0.15, -0.1) is 0 Å². The second-order valence-electron chi connectivity index (χ2n) is 5.16. The van der Waals surface area contributed by atoms with E-state index in [1.165, 1.54) is 5.56 Å². The number of rotatable bonds is 4. The van der Waals surface area contributed by atoms with E-state index < -0.39 is 0 Å². The number of aromatic nitrogens is 2. The van der Waals surface area contributed by atoms with Crippen LogP contribution < -0.4 is 5.32 Å². The van der Waals surface area contributed by atoms with Crippen LogP contribution in [-0.4, -0.2) is 27.0 Å². The number of benzene rings is 1. The number of hydrogen-bond donors (Lipinski definition) is 2. The molecule has 1 aromatic heterocycles. The Labute approximate surface area is 113 Å². The van der Waals surface area contributed by atoms with Crippen molar-refractivity contribution in [2.24, 2.45) is 0 Å². The van der Waals surface area contributed by atoms with Crippen molar-refractivity contribution in [3.8, 4) is 0 Å². The van der Waals surface area contributed by atoms with E-state index >= 15 is 0 Å². The summed E-state index contributed by atoms with van der Waals surface area (Å²) in [5.41, 5.74) is 2.22. The van der Waals surface area contributed by atoms with Crippen LogP contribution >= 0.6 is 0 Å². The molecule has 0 saturated heterocycles. The lowest BCUT2D eigenvalue weighted by Gasteiger charge is -2.15. The molecule has 1 heterocycles.